The molecule has 5 heteroatoms. The number of carbonyl (C=O) groups excluding carboxylic acids is 1. The summed E-state index contributed by atoms with van der Waals surface area (Å²) < 4.78 is 5.52. The van der Waals surface area contributed by atoms with Crippen molar-refractivity contribution in [3.63, 3.8) is 0 Å². The lowest BCUT2D eigenvalue weighted by molar-refractivity contribution is -0.183. The minimum atomic E-state index is -1.20. The first-order chi connectivity index (χ1) is 16.0. The summed E-state index contributed by atoms with van der Waals surface area (Å²) >= 11 is 0. The van der Waals surface area contributed by atoms with Crippen molar-refractivity contribution in [2.75, 3.05) is 0 Å². The Morgan fingerprint density at radius 3 is 2.47 bits per heavy atom. The normalized spacial score (nSPS) is 46.0. The predicted octanol–water partition coefficient (Wildman–Crippen LogP) is 6.59. The largest absolute Gasteiger partial charge is 0.462 e. The highest BCUT2D eigenvalue weighted by Gasteiger charge is 2.67. The number of rotatable bonds is 6. The molecule has 34 heavy (non-hydrogen) atoms. The fraction of sp³-hybridized carbons (Fsp3) is 0.931. The maximum atomic E-state index is 12.0. The zero-order chi connectivity index (χ0) is 24.9. The maximum Gasteiger partial charge on any atom is 0.302 e. The molecular formula is C29H49NO4. The van der Waals surface area contributed by atoms with Gasteiger partial charge in [-0.3, -0.25) is 4.79 Å². The van der Waals surface area contributed by atoms with Gasteiger partial charge < -0.3 is 15.1 Å². The van der Waals surface area contributed by atoms with Gasteiger partial charge in [-0.25, -0.2) is 0 Å². The third-order valence-corrected chi connectivity index (χ3v) is 11.3. The van der Waals surface area contributed by atoms with Crippen LogP contribution in [0.25, 0.3) is 0 Å². The number of esters is 1. The predicted molar refractivity (Wildman–Crippen MR) is 135 cm³/mol. The third-order valence-electron chi connectivity index (χ3n) is 11.3. The van der Waals surface area contributed by atoms with Gasteiger partial charge in [0.1, 0.15) is 11.7 Å². The van der Waals surface area contributed by atoms with Crippen LogP contribution in [0.5, 0.6) is 0 Å². The Kier molecular flexibility index (Phi) is 7.19. The maximum absolute atomic E-state index is 12.0. The molecule has 0 aromatic carbocycles. The average Bonchev–Trinajstić information content (AvgIpc) is 3.11. The molecule has 4 aliphatic rings. The van der Waals surface area contributed by atoms with Crippen LogP contribution in [-0.4, -0.2) is 33.7 Å². The topological polar surface area (TPSA) is 79.1 Å². The smallest absolute Gasteiger partial charge is 0.302 e. The molecule has 0 aliphatic heterocycles. The van der Waals surface area contributed by atoms with Crippen molar-refractivity contribution in [1.82, 2.24) is 0 Å². The Morgan fingerprint density at radius 2 is 1.82 bits per heavy atom. The van der Waals surface area contributed by atoms with Crippen molar-refractivity contribution in [2.24, 2.45) is 51.5 Å². The molecule has 0 heterocycles. The van der Waals surface area contributed by atoms with Gasteiger partial charge in [0, 0.05) is 18.8 Å². The highest BCUT2D eigenvalue weighted by Crippen LogP contribution is 2.68. The summed E-state index contributed by atoms with van der Waals surface area (Å²) in [7, 11) is 0. The lowest BCUT2D eigenvalue weighted by Crippen LogP contribution is -2.67. The zero-order valence-electron chi connectivity index (χ0n) is 22.5. The SMILES string of the molecule is CC(=O)O[C@H]1CC[C@]2(C)[C@@H]3CC[C@@]4(C)[C@H](CC[C@H]4[C@H](C)CCCC(C)C)[C@@H]3C/C(=N\O)[C@]2(O)C1. The van der Waals surface area contributed by atoms with Gasteiger partial charge in [0.2, 0.25) is 0 Å². The molecule has 4 rings (SSSR count). The summed E-state index contributed by atoms with van der Waals surface area (Å²) in [6, 6.07) is 0. The molecule has 2 N–H and O–H groups in total. The van der Waals surface area contributed by atoms with E-state index >= 15 is 0 Å². The van der Waals surface area contributed by atoms with E-state index in [4.69, 9.17) is 4.74 Å². The fourth-order valence-electron chi connectivity index (χ4n) is 9.51. The molecule has 0 unspecified atom stereocenters. The van der Waals surface area contributed by atoms with Crippen molar-refractivity contribution >= 4 is 11.7 Å². The fourth-order valence-corrected chi connectivity index (χ4v) is 9.51. The first-order valence-corrected chi connectivity index (χ1v) is 14.1. The van der Waals surface area contributed by atoms with Gasteiger partial charge in [-0.05, 0) is 85.9 Å². The van der Waals surface area contributed by atoms with Gasteiger partial charge in [-0.2, -0.15) is 0 Å². The van der Waals surface area contributed by atoms with Crippen LogP contribution >= 0.6 is 0 Å². The molecular weight excluding hydrogens is 426 g/mol. The van der Waals surface area contributed by atoms with E-state index in [2.05, 4.69) is 39.8 Å². The highest BCUT2D eigenvalue weighted by molar-refractivity contribution is 5.94. The Hall–Kier alpha value is -1.10. The van der Waals surface area contributed by atoms with Crippen molar-refractivity contribution < 1.29 is 19.8 Å². The number of hydrogen-bond acceptors (Lipinski definition) is 5. The number of ether oxygens (including phenoxy) is 1. The number of carbonyl (C=O) groups is 1. The molecule has 0 saturated heterocycles. The van der Waals surface area contributed by atoms with E-state index < -0.39 is 5.60 Å². The molecule has 0 amide bonds. The number of oxime groups is 1. The van der Waals surface area contributed by atoms with Crippen molar-refractivity contribution in [1.29, 1.82) is 0 Å². The average molecular weight is 476 g/mol. The molecule has 0 aromatic heterocycles. The Morgan fingerprint density at radius 1 is 1.09 bits per heavy atom. The van der Waals surface area contributed by atoms with E-state index in [1.165, 1.54) is 45.4 Å². The summed E-state index contributed by atoms with van der Waals surface area (Å²) in [6.45, 7) is 13.3. The summed E-state index contributed by atoms with van der Waals surface area (Å²) in [5, 5.41) is 25.8. The Labute approximate surface area is 207 Å². The van der Waals surface area contributed by atoms with Gasteiger partial charge >= 0.3 is 5.97 Å². The van der Waals surface area contributed by atoms with E-state index in [0.717, 1.165) is 37.0 Å². The number of aliphatic hydroxyl groups is 1. The number of fused-ring (bicyclic) bond motifs is 5. The Balaban J connectivity index is 1.56. The molecule has 0 spiro atoms. The minimum absolute atomic E-state index is 0.304. The van der Waals surface area contributed by atoms with Crippen molar-refractivity contribution in [3.05, 3.63) is 0 Å². The first-order valence-electron chi connectivity index (χ1n) is 14.1. The molecule has 4 fully saturated rings. The highest BCUT2D eigenvalue weighted by atomic mass is 16.5. The van der Waals surface area contributed by atoms with E-state index in [0.29, 0.717) is 41.7 Å². The van der Waals surface area contributed by atoms with Crippen LogP contribution in [0.15, 0.2) is 5.16 Å². The van der Waals surface area contributed by atoms with E-state index in [-0.39, 0.29) is 17.5 Å². The summed E-state index contributed by atoms with van der Waals surface area (Å²) in [6.07, 6.45) is 11.2. The summed E-state index contributed by atoms with van der Waals surface area (Å²) in [5.41, 5.74) is -0.654. The third kappa shape index (κ3) is 4.12. The second kappa shape index (κ2) is 9.41. The van der Waals surface area contributed by atoms with Crippen LogP contribution in [0.1, 0.15) is 112 Å². The van der Waals surface area contributed by atoms with Crippen LogP contribution in [0.2, 0.25) is 0 Å². The van der Waals surface area contributed by atoms with Crippen LogP contribution in [0, 0.1) is 46.3 Å². The quantitative estimate of drug-likeness (QED) is 0.258. The lowest BCUT2D eigenvalue weighted by atomic mass is 9.42. The van der Waals surface area contributed by atoms with Gasteiger partial charge in [0.15, 0.2) is 0 Å². The molecule has 0 bridgehead atoms. The summed E-state index contributed by atoms with van der Waals surface area (Å²) in [5.74, 6) is 3.53. The van der Waals surface area contributed by atoms with Gasteiger partial charge in [0.05, 0.1) is 5.71 Å². The first kappa shape index (κ1) is 26.0. The van der Waals surface area contributed by atoms with Crippen molar-refractivity contribution in [3.8, 4) is 0 Å². The van der Waals surface area contributed by atoms with Crippen LogP contribution in [0.4, 0.5) is 0 Å². The van der Waals surface area contributed by atoms with Crippen LogP contribution in [-0.2, 0) is 9.53 Å². The second-order valence-corrected chi connectivity index (χ2v) is 13.4. The molecule has 0 aromatic rings. The van der Waals surface area contributed by atoms with E-state index in [1.54, 1.807) is 0 Å². The van der Waals surface area contributed by atoms with Gasteiger partial charge in [-0.15, -0.1) is 0 Å². The number of nitrogens with zero attached hydrogens (tertiary/aromatic N) is 1. The van der Waals surface area contributed by atoms with Gasteiger partial charge in [-0.1, -0.05) is 59.0 Å². The molecule has 4 saturated carbocycles. The zero-order valence-corrected chi connectivity index (χ0v) is 22.5. The van der Waals surface area contributed by atoms with E-state index in [9.17, 15) is 15.1 Å². The number of hydrogen-bond donors (Lipinski definition) is 2. The van der Waals surface area contributed by atoms with E-state index in [1.807, 2.05) is 0 Å². The molecule has 9 atom stereocenters. The molecule has 4 aliphatic carbocycles. The monoisotopic (exact) mass is 475 g/mol. The van der Waals surface area contributed by atoms with Crippen LogP contribution in [0.3, 0.4) is 0 Å². The summed E-state index contributed by atoms with van der Waals surface area (Å²) in [4.78, 5) is 11.6. The Bertz CT molecular complexity index is 795. The lowest BCUT2D eigenvalue weighted by Gasteiger charge is -2.64. The standard InChI is InChI=1S/C29H49NO4/c1-18(2)8-7-9-19(3)23-10-11-24-22-16-26(30-33)29(32)17-21(34-20(4)31)12-15-28(29,6)25(22)13-14-27(23,24)5/h18-19,21-25,32-33H,7-17H2,1-6H3/b30-26+/t19-,21+,22+,23+,24-,25-,27-,28-,29-/m1/s1. The van der Waals surface area contributed by atoms with Crippen molar-refractivity contribution in [2.45, 2.75) is 124 Å². The molecule has 0 radical (unpaired) electrons. The van der Waals surface area contributed by atoms with Gasteiger partial charge in [0.25, 0.3) is 0 Å². The second-order valence-electron chi connectivity index (χ2n) is 13.4. The molecule has 194 valence electrons. The molecule has 5 nitrogen and oxygen atoms in total. The van der Waals surface area contributed by atoms with Crippen LogP contribution < -0.4 is 0 Å². The minimum Gasteiger partial charge on any atom is -0.462 e.